The van der Waals surface area contributed by atoms with Gasteiger partial charge in [-0.2, -0.15) is 0 Å². The van der Waals surface area contributed by atoms with Gasteiger partial charge in [0.1, 0.15) is 0 Å². The van der Waals surface area contributed by atoms with Crippen LogP contribution in [0.4, 0.5) is 0 Å². The standard InChI is InChI=1S/C17H20N2O2/c1-3-21-17-15(5-4-10-18-17)12-19-16(20)11-14-8-6-13(2)7-9-14/h4-10H,3,11-12H2,1-2H3,(H,19,20). The third-order valence-corrected chi connectivity index (χ3v) is 3.09. The Balaban J connectivity index is 1.90. The predicted molar refractivity (Wildman–Crippen MR) is 82.1 cm³/mol. The van der Waals surface area contributed by atoms with E-state index >= 15 is 0 Å². The van der Waals surface area contributed by atoms with E-state index in [0.717, 1.165) is 11.1 Å². The number of hydrogen-bond acceptors (Lipinski definition) is 3. The summed E-state index contributed by atoms with van der Waals surface area (Å²) in [5.74, 6) is 0.570. The number of pyridine rings is 1. The number of nitrogens with zero attached hydrogens (tertiary/aromatic N) is 1. The number of carbonyl (C=O) groups excluding carboxylic acids is 1. The Bertz CT molecular complexity index is 594. The van der Waals surface area contributed by atoms with Crippen molar-refractivity contribution in [2.45, 2.75) is 26.8 Å². The van der Waals surface area contributed by atoms with Gasteiger partial charge in [-0.1, -0.05) is 35.9 Å². The normalized spacial score (nSPS) is 10.2. The summed E-state index contributed by atoms with van der Waals surface area (Å²) >= 11 is 0. The van der Waals surface area contributed by atoms with Crippen molar-refractivity contribution in [2.75, 3.05) is 6.61 Å². The van der Waals surface area contributed by atoms with E-state index in [2.05, 4.69) is 10.3 Å². The number of hydrogen-bond donors (Lipinski definition) is 1. The fourth-order valence-corrected chi connectivity index (χ4v) is 1.97. The molecule has 110 valence electrons. The monoisotopic (exact) mass is 284 g/mol. The molecule has 1 amide bonds. The Kier molecular flexibility index (Phi) is 5.32. The zero-order valence-electron chi connectivity index (χ0n) is 12.4. The van der Waals surface area contributed by atoms with Gasteiger partial charge in [-0.3, -0.25) is 4.79 Å². The van der Waals surface area contributed by atoms with E-state index in [9.17, 15) is 4.79 Å². The van der Waals surface area contributed by atoms with Crippen LogP contribution in [0.5, 0.6) is 5.88 Å². The van der Waals surface area contributed by atoms with E-state index in [4.69, 9.17) is 4.74 Å². The molecule has 4 nitrogen and oxygen atoms in total. The Labute approximate surface area is 125 Å². The van der Waals surface area contributed by atoms with Gasteiger partial charge in [-0.05, 0) is 25.5 Å². The molecule has 0 spiro atoms. The number of carbonyl (C=O) groups is 1. The lowest BCUT2D eigenvalue weighted by atomic mass is 10.1. The zero-order chi connectivity index (χ0) is 15.1. The lowest BCUT2D eigenvalue weighted by Gasteiger charge is -2.10. The Morgan fingerprint density at radius 1 is 1.24 bits per heavy atom. The number of aromatic nitrogens is 1. The second kappa shape index (κ2) is 7.43. The number of ether oxygens (including phenoxy) is 1. The first-order valence-electron chi connectivity index (χ1n) is 7.08. The third-order valence-electron chi connectivity index (χ3n) is 3.09. The summed E-state index contributed by atoms with van der Waals surface area (Å²) in [5.41, 5.74) is 3.08. The number of rotatable bonds is 6. The second-order valence-corrected chi connectivity index (χ2v) is 4.84. The number of benzene rings is 1. The van der Waals surface area contributed by atoms with Gasteiger partial charge in [0.15, 0.2) is 0 Å². The van der Waals surface area contributed by atoms with Crippen molar-refractivity contribution in [3.05, 3.63) is 59.3 Å². The topological polar surface area (TPSA) is 51.2 Å². The highest BCUT2D eigenvalue weighted by atomic mass is 16.5. The van der Waals surface area contributed by atoms with Crippen molar-refractivity contribution in [3.63, 3.8) is 0 Å². The highest BCUT2D eigenvalue weighted by molar-refractivity contribution is 5.78. The number of amides is 1. The molecule has 0 bridgehead atoms. The smallest absolute Gasteiger partial charge is 0.224 e. The first-order valence-corrected chi connectivity index (χ1v) is 7.08. The van der Waals surface area contributed by atoms with Crippen LogP contribution in [0.25, 0.3) is 0 Å². The first-order chi connectivity index (χ1) is 10.2. The van der Waals surface area contributed by atoms with Crippen LogP contribution in [0.3, 0.4) is 0 Å². The molecule has 0 fully saturated rings. The molecular formula is C17H20N2O2. The fourth-order valence-electron chi connectivity index (χ4n) is 1.97. The molecular weight excluding hydrogens is 264 g/mol. The molecule has 21 heavy (non-hydrogen) atoms. The summed E-state index contributed by atoms with van der Waals surface area (Å²) in [7, 11) is 0. The molecule has 0 saturated carbocycles. The maximum absolute atomic E-state index is 12.0. The van der Waals surface area contributed by atoms with Crippen molar-refractivity contribution in [1.82, 2.24) is 10.3 Å². The molecule has 1 N–H and O–H groups in total. The molecule has 0 atom stereocenters. The molecule has 0 aliphatic heterocycles. The molecule has 0 saturated heterocycles. The van der Waals surface area contributed by atoms with Crippen molar-refractivity contribution >= 4 is 5.91 Å². The van der Waals surface area contributed by atoms with Crippen molar-refractivity contribution in [2.24, 2.45) is 0 Å². The molecule has 1 heterocycles. The highest BCUT2D eigenvalue weighted by Gasteiger charge is 2.07. The van der Waals surface area contributed by atoms with Crippen LogP contribution in [0.15, 0.2) is 42.6 Å². The van der Waals surface area contributed by atoms with Crippen molar-refractivity contribution < 1.29 is 9.53 Å². The summed E-state index contributed by atoms with van der Waals surface area (Å²) in [6, 6.07) is 11.7. The van der Waals surface area contributed by atoms with Gasteiger partial charge in [0, 0.05) is 18.3 Å². The van der Waals surface area contributed by atoms with Gasteiger partial charge in [-0.25, -0.2) is 4.98 Å². The van der Waals surface area contributed by atoms with Gasteiger partial charge >= 0.3 is 0 Å². The van der Waals surface area contributed by atoms with E-state index in [0.29, 0.717) is 25.5 Å². The lowest BCUT2D eigenvalue weighted by Crippen LogP contribution is -2.25. The number of aryl methyl sites for hydroxylation is 1. The summed E-state index contributed by atoms with van der Waals surface area (Å²) < 4.78 is 5.44. The van der Waals surface area contributed by atoms with E-state index in [1.807, 2.05) is 50.2 Å². The van der Waals surface area contributed by atoms with Gasteiger partial charge in [0.25, 0.3) is 0 Å². The maximum atomic E-state index is 12.0. The average Bonchev–Trinajstić information content (AvgIpc) is 2.49. The molecule has 2 aromatic rings. The Morgan fingerprint density at radius 2 is 2.00 bits per heavy atom. The third kappa shape index (κ3) is 4.60. The lowest BCUT2D eigenvalue weighted by molar-refractivity contribution is -0.120. The minimum absolute atomic E-state index is 0.00912. The van der Waals surface area contributed by atoms with Crippen LogP contribution < -0.4 is 10.1 Å². The van der Waals surface area contributed by atoms with Gasteiger partial charge in [-0.15, -0.1) is 0 Å². The molecule has 0 aliphatic rings. The molecule has 0 unspecified atom stereocenters. The first kappa shape index (κ1) is 15.0. The second-order valence-electron chi connectivity index (χ2n) is 4.84. The minimum atomic E-state index is -0.00912. The average molecular weight is 284 g/mol. The van der Waals surface area contributed by atoms with Gasteiger partial charge in [0.2, 0.25) is 11.8 Å². The molecule has 0 radical (unpaired) electrons. The quantitative estimate of drug-likeness (QED) is 0.887. The van der Waals surface area contributed by atoms with Crippen LogP contribution in [-0.2, 0) is 17.8 Å². The molecule has 1 aromatic carbocycles. The van der Waals surface area contributed by atoms with E-state index in [-0.39, 0.29) is 5.91 Å². The van der Waals surface area contributed by atoms with Crippen LogP contribution >= 0.6 is 0 Å². The highest BCUT2D eigenvalue weighted by Crippen LogP contribution is 2.13. The van der Waals surface area contributed by atoms with Crippen molar-refractivity contribution in [1.29, 1.82) is 0 Å². The molecule has 0 aliphatic carbocycles. The summed E-state index contributed by atoms with van der Waals surface area (Å²) in [6.45, 7) is 4.92. The Morgan fingerprint density at radius 3 is 2.71 bits per heavy atom. The zero-order valence-corrected chi connectivity index (χ0v) is 12.4. The van der Waals surface area contributed by atoms with Gasteiger partial charge in [0.05, 0.1) is 13.0 Å². The van der Waals surface area contributed by atoms with Crippen LogP contribution in [0.2, 0.25) is 0 Å². The summed E-state index contributed by atoms with van der Waals surface area (Å²) in [6.07, 6.45) is 2.06. The SMILES string of the molecule is CCOc1ncccc1CNC(=O)Cc1ccc(C)cc1. The van der Waals surface area contributed by atoms with Crippen LogP contribution in [0, 0.1) is 6.92 Å². The predicted octanol–water partition coefficient (Wildman–Crippen LogP) is 2.65. The van der Waals surface area contributed by atoms with E-state index in [1.54, 1.807) is 6.20 Å². The molecule has 4 heteroatoms. The summed E-state index contributed by atoms with van der Waals surface area (Å²) in [4.78, 5) is 16.1. The van der Waals surface area contributed by atoms with E-state index < -0.39 is 0 Å². The van der Waals surface area contributed by atoms with Crippen LogP contribution in [-0.4, -0.2) is 17.5 Å². The van der Waals surface area contributed by atoms with E-state index in [1.165, 1.54) is 5.56 Å². The largest absolute Gasteiger partial charge is 0.478 e. The van der Waals surface area contributed by atoms with Crippen molar-refractivity contribution in [3.8, 4) is 5.88 Å². The van der Waals surface area contributed by atoms with Crippen LogP contribution in [0.1, 0.15) is 23.6 Å². The summed E-state index contributed by atoms with van der Waals surface area (Å²) in [5, 5.41) is 2.90. The minimum Gasteiger partial charge on any atom is -0.478 e. The maximum Gasteiger partial charge on any atom is 0.224 e. The van der Waals surface area contributed by atoms with Gasteiger partial charge < -0.3 is 10.1 Å². The molecule has 1 aromatic heterocycles. The molecule has 2 rings (SSSR count). The number of nitrogens with one attached hydrogen (secondary N) is 1. The fraction of sp³-hybridized carbons (Fsp3) is 0.294. The Hall–Kier alpha value is -2.36.